The monoisotopic (exact) mass is 460 g/mol. The topological polar surface area (TPSA) is 80.9 Å². The molecular formula is C28H60O4. The molecule has 0 aliphatic rings. The second-order valence-corrected chi connectivity index (χ2v) is 9.57. The van der Waals surface area contributed by atoms with E-state index in [0.717, 1.165) is 64.2 Å². The van der Waals surface area contributed by atoms with Gasteiger partial charge < -0.3 is 20.4 Å². The third kappa shape index (κ3) is 32.0. The van der Waals surface area contributed by atoms with Crippen LogP contribution in [0, 0.1) is 0 Å². The second kappa shape index (κ2) is 30.8. The first-order chi connectivity index (χ1) is 15.6. The Balaban J connectivity index is 0. The van der Waals surface area contributed by atoms with Crippen molar-refractivity contribution >= 4 is 0 Å². The minimum atomic E-state index is -0.0608. The van der Waals surface area contributed by atoms with Gasteiger partial charge in [0, 0.05) is 13.2 Å². The molecule has 0 radical (unpaired) electrons. The first-order valence-electron chi connectivity index (χ1n) is 14.2. The molecule has 0 aromatic carbocycles. The molecule has 4 N–H and O–H groups in total. The first-order valence-corrected chi connectivity index (χ1v) is 14.2. The third-order valence-corrected chi connectivity index (χ3v) is 6.17. The van der Waals surface area contributed by atoms with Gasteiger partial charge in [-0.15, -0.1) is 0 Å². The fourth-order valence-electron chi connectivity index (χ4n) is 3.92. The maximum atomic E-state index is 9.63. The summed E-state index contributed by atoms with van der Waals surface area (Å²) in [6.45, 7) is 5.01. The number of aliphatic hydroxyl groups excluding tert-OH is 4. The largest absolute Gasteiger partial charge is 0.396 e. The van der Waals surface area contributed by atoms with Gasteiger partial charge in [-0.1, -0.05) is 117 Å². The van der Waals surface area contributed by atoms with Crippen molar-refractivity contribution < 1.29 is 20.4 Å². The van der Waals surface area contributed by atoms with Crippen molar-refractivity contribution in [2.45, 2.75) is 167 Å². The Morgan fingerprint density at radius 2 is 0.625 bits per heavy atom. The van der Waals surface area contributed by atoms with E-state index in [-0.39, 0.29) is 12.2 Å². The van der Waals surface area contributed by atoms with Crippen LogP contribution in [0.2, 0.25) is 0 Å². The Labute approximate surface area is 201 Å². The predicted octanol–water partition coefficient (Wildman–Crippen LogP) is 7.30. The molecule has 32 heavy (non-hydrogen) atoms. The molecule has 196 valence electrons. The van der Waals surface area contributed by atoms with E-state index in [2.05, 4.69) is 13.8 Å². The summed E-state index contributed by atoms with van der Waals surface area (Å²) in [6.07, 6.45) is 25.2. The van der Waals surface area contributed by atoms with Gasteiger partial charge in [0.15, 0.2) is 0 Å². The summed E-state index contributed by atoms with van der Waals surface area (Å²) < 4.78 is 0. The molecule has 0 amide bonds. The number of hydrogen-bond acceptors (Lipinski definition) is 4. The van der Waals surface area contributed by atoms with Gasteiger partial charge in [-0.25, -0.2) is 0 Å². The molecule has 0 aromatic rings. The van der Waals surface area contributed by atoms with Gasteiger partial charge in [-0.3, -0.25) is 0 Å². The quantitative estimate of drug-likeness (QED) is 0.114. The van der Waals surface area contributed by atoms with Crippen molar-refractivity contribution in [3.63, 3.8) is 0 Å². The van der Waals surface area contributed by atoms with Crippen LogP contribution in [0.4, 0.5) is 0 Å². The van der Waals surface area contributed by atoms with Crippen LogP contribution in [-0.2, 0) is 0 Å². The van der Waals surface area contributed by atoms with Crippen LogP contribution in [-0.4, -0.2) is 45.8 Å². The number of unbranched alkanes of at least 4 members (excludes halogenated alkanes) is 14. The molecule has 0 aliphatic carbocycles. The zero-order chi connectivity index (χ0) is 24.1. The summed E-state index contributed by atoms with van der Waals surface area (Å²) in [5, 5.41) is 36.5. The normalized spacial score (nSPS) is 12.9. The molecular weight excluding hydrogens is 400 g/mol. The van der Waals surface area contributed by atoms with Crippen molar-refractivity contribution in [2.24, 2.45) is 0 Å². The highest BCUT2D eigenvalue weighted by Gasteiger charge is 2.03. The summed E-state index contributed by atoms with van der Waals surface area (Å²) >= 11 is 0. The second-order valence-electron chi connectivity index (χ2n) is 9.57. The Morgan fingerprint density at radius 1 is 0.375 bits per heavy atom. The van der Waals surface area contributed by atoms with E-state index < -0.39 is 0 Å². The molecule has 0 fully saturated rings. The molecule has 4 nitrogen and oxygen atoms in total. The van der Waals surface area contributed by atoms with E-state index in [1.165, 1.54) is 77.0 Å². The van der Waals surface area contributed by atoms with Crippen molar-refractivity contribution in [3.8, 4) is 0 Å². The Kier molecular flexibility index (Phi) is 32.8. The van der Waals surface area contributed by atoms with Crippen molar-refractivity contribution in [3.05, 3.63) is 0 Å². The minimum absolute atomic E-state index is 0.0608. The SMILES string of the molecule is CCCCC(O)CCCCCCCCCO.CCCCC(O)CCCCCCCCCO. The molecule has 0 heterocycles. The average Bonchev–Trinajstić information content (AvgIpc) is 2.80. The van der Waals surface area contributed by atoms with Crippen molar-refractivity contribution in [1.29, 1.82) is 0 Å². The molecule has 2 atom stereocenters. The van der Waals surface area contributed by atoms with Gasteiger partial charge in [0.1, 0.15) is 0 Å². The predicted molar refractivity (Wildman–Crippen MR) is 139 cm³/mol. The lowest BCUT2D eigenvalue weighted by Gasteiger charge is -2.09. The average molecular weight is 461 g/mol. The highest BCUT2D eigenvalue weighted by Crippen LogP contribution is 2.13. The Bertz CT molecular complexity index is 282. The van der Waals surface area contributed by atoms with E-state index in [0.29, 0.717) is 13.2 Å². The highest BCUT2D eigenvalue weighted by molar-refractivity contribution is 4.57. The maximum absolute atomic E-state index is 9.63. The fourth-order valence-corrected chi connectivity index (χ4v) is 3.92. The summed E-state index contributed by atoms with van der Waals surface area (Å²) in [4.78, 5) is 0. The van der Waals surface area contributed by atoms with Crippen LogP contribution >= 0.6 is 0 Å². The molecule has 2 unspecified atom stereocenters. The lowest BCUT2D eigenvalue weighted by atomic mass is 10.0. The first kappa shape index (κ1) is 34.0. The fraction of sp³-hybridized carbons (Fsp3) is 1.00. The van der Waals surface area contributed by atoms with E-state index in [4.69, 9.17) is 10.2 Å². The van der Waals surface area contributed by atoms with Gasteiger partial charge in [0.05, 0.1) is 12.2 Å². The van der Waals surface area contributed by atoms with Crippen LogP contribution in [0.3, 0.4) is 0 Å². The third-order valence-electron chi connectivity index (χ3n) is 6.17. The summed E-state index contributed by atoms with van der Waals surface area (Å²) in [7, 11) is 0. The minimum Gasteiger partial charge on any atom is -0.396 e. The molecule has 0 saturated carbocycles. The van der Waals surface area contributed by atoms with E-state index in [9.17, 15) is 10.2 Å². The van der Waals surface area contributed by atoms with Crippen LogP contribution in [0.25, 0.3) is 0 Å². The van der Waals surface area contributed by atoms with E-state index >= 15 is 0 Å². The molecule has 4 heteroatoms. The van der Waals surface area contributed by atoms with Gasteiger partial charge in [-0.2, -0.15) is 0 Å². The summed E-state index contributed by atoms with van der Waals surface area (Å²) in [5.41, 5.74) is 0. The number of aliphatic hydroxyl groups is 4. The van der Waals surface area contributed by atoms with Gasteiger partial charge >= 0.3 is 0 Å². The van der Waals surface area contributed by atoms with Crippen LogP contribution < -0.4 is 0 Å². The van der Waals surface area contributed by atoms with Crippen LogP contribution in [0.15, 0.2) is 0 Å². The van der Waals surface area contributed by atoms with E-state index in [1.54, 1.807) is 0 Å². The smallest absolute Gasteiger partial charge is 0.0540 e. The molecule has 0 aliphatic heterocycles. The molecule has 0 rings (SSSR count). The van der Waals surface area contributed by atoms with Gasteiger partial charge in [-0.05, 0) is 38.5 Å². The van der Waals surface area contributed by atoms with Gasteiger partial charge in [0.25, 0.3) is 0 Å². The zero-order valence-electron chi connectivity index (χ0n) is 21.9. The van der Waals surface area contributed by atoms with Crippen molar-refractivity contribution in [1.82, 2.24) is 0 Å². The lowest BCUT2D eigenvalue weighted by molar-refractivity contribution is 0.147. The Morgan fingerprint density at radius 3 is 0.906 bits per heavy atom. The highest BCUT2D eigenvalue weighted by atomic mass is 16.3. The molecule has 0 saturated heterocycles. The molecule has 0 aromatic heterocycles. The molecule has 0 spiro atoms. The maximum Gasteiger partial charge on any atom is 0.0540 e. The lowest BCUT2D eigenvalue weighted by Crippen LogP contribution is -2.05. The van der Waals surface area contributed by atoms with Crippen LogP contribution in [0.1, 0.15) is 155 Å². The Hall–Kier alpha value is -0.160. The number of rotatable bonds is 24. The zero-order valence-corrected chi connectivity index (χ0v) is 21.9. The van der Waals surface area contributed by atoms with Crippen LogP contribution in [0.5, 0.6) is 0 Å². The summed E-state index contributed by atoms with van der Waals surface area (Å²) in [5.74, 6) is 0. The van der Waals surface area contributed by atoms with E-state index in [1.807, 2.05) is 0 Å². The standard InChI is InChI=1S/2C14H30O2/c2*1-2-3-11-14(16)12-9-7-5-4-6-8-10-13-15/h2*14-16H,2-13H2,1H3. The van der Waals surface area contributed by atoms with Crippen molar-refractivity contribution in [2.75, 3.05) is 13.2 Å². The van der Waals surface area contributed by atoms with Gasteiger partial charge in [0.2, 0.25) is 0 Å². The summed E-state index contributed by atoms with van der Waals surface area (Å²) in [6, 6.07) is 0. The number of hydrogen-bond donors (Lipinski definition) is 4. The molecule has 0 bridgehead atoms.